The predicted octanol–water partition coefficient (Wildman–Crippen LogP) is 1.14. The molecule has 0 saturated heterocycles. The number of nitrogens with one attached hydrogen (secondary N) is 1. The van der Waals surface area contributed by atoms with Gasteiger partial charge in [-0.15, -0.1) is 6.58 Å². The highest BCUT2D eigenvalue weighted by atomic mass is 33.1. The second kappa shape index (κ2) is 7.75. The van der Waals surface area contributed by atoms with Crippen LogP contribution in [0.5, 0.6) is 0 Å². The molecule has 0 radical (unpaired) electrons. The van der Waals surface area contributed by atoms with Gasteiger partial charge in [-0.3, -0.25) is 4.79 Å². The van der Waals surface area contributed by atoms with E-state index in [0.29, 0.717) is 5.75 Å². The quantitative estimate of drug-likeness (QED) is 0.393. The lowest BCUT2D eigenvalue weighted by molar-refractivity contribution is -0.140. The number of hydrogen-bond donors (Lipinski definition) is 2. The van der Waals surface area contributed by atoms with Crippen molar-refractivity contribution in [2.24, 2.45) is 0 Å². The van der Waals surface area contributed by atoms with E-state index >= 15 is 0 Å². The maximum Gasteiger partial charge on any atom is 0.327 e. The minimum absolute atomic E-state index is 0.327. The van der Waals surface area contributed by atoms with Crippen molar-refractivity contribution in [2.45, 2.75) is 13.0 Å². The zero-order valence-corrected chi connectivity index (χ0v) is 9.49. The van der Waals surface area contributed by atoms with Crippen molar-refractivity contribution in [2.75, 3.05) is 11.5 Å². The van der Waals surface area contributed by atoms with Crippen LogP contribution in [0.15, 0.2) is 12.7 Å². The Bertz CT molecular complexity index is 221. The summed E-state index contributed by atoms with van der Waals surface area (Å²) >= 11 is 0. The third-order valence-corrected chi connectivity index (χ3v) is 3.50. The molecule has 1 atom stereocenters. The number of aliphatic carboxylic acids is 1. The van der Waals surface area contributed by atoms with Crippen LogP contribution >= 0.6 is 21.6 Å². The monoisotopic (exact) mass is 235 g/mol. The molecule has 0 heterocycles. The van der Waals surface area contributed by atoms with Crippen molar-refractivity contribution in [1.29, 1.82) is 0 Å². The fraction of sp³-hybridized carbons (Fsp3) is 0.500. The average molecular weight is 235 g/mol. The fourth-order valence-electron chi connectivity index (χ4n) is 0.632. The van der Waals surface area contributed by atoms with Gasteiger partial charge in [-0.05, 0) is 0 Å². The Balaban J connectivity index is 3.79. The number of amides is 1. The van der Waals surface area contributed by atoms with E-state index in [1.165, 1.54) is 28.5 Å². The van der Waals surface area contributed by atoms with Crippen LogP contribution in [0.2, 0.25) is 0 Å². The largest absolute Gasteiger partial charge is 0.480 e. The fourth-order valence-corrected chi connectivity index (χ4v) is 2.56. The van der Waals surface area contributed by atoms with Crippen molar-refractivity contribution in [3.05, 3.63) is 12.7 Å². The van der Waals surface area contributed by atoms with Gasteiger partial charge in [0.25, 0.3) is 0 Å². The minimum atomic E-state index is -1.01. The van der Waals surface area contributed by atoms with Gasteiger partial charge >= 0.3 is 5.97 Å². The topological polar surface area (TPSA) is 66.4 Å². The summed E-state index contributed by atoms with van der Waals surface area (Å²) in [6.07, 6.45) is 1.74. The van der Waals surface area contributed by atoms with E-state index in [9.17, 15) is 9.59 Å². The molecule has 0 unspecified atom stereocenters. The zero-order chi connectivity index (χ0) is 11.0. The van der Waals surface area contributed by atoms with Gasteiger partial charge < -0.3 is 10.4 Å². The number of rotatable bonds is 7. The summed E-state index contributed by atoms with van der Waals surface area (Å²) in [5.74, 6) is -0.219. The second-order valence-electron chi connectivity index (χ2n) is 2.45. The summed E-state index contributed by atoms with van der Waals surface area (Å²) in [5, 5.41) is 11.1. The zero-order valence-electron chi connectivity index (χ0n) is 7.86. The van der Waals surface area contributed by atoms with Gasteiger partial charge in [0.05, 0.1) is 0 Å². The molecule has 0 rings (SSSR count). The Hall–Kier alpha value is -0.620. The average Bonchev–Trinajstić information content (AvgIpc) is 2.09. The van der Waals surface area contributed by atoms with Crippen molar-refractivity contribution in [3.8, 4) is 0 Å². The number of carboxylic acids is 1. The smallest absolute Gasteiger partial charge is 0.327 e. The minimum Gasteiger partial charge on any atom is -0.480 e. The molecule has 0 bridgehead atoms. The molecule has 0 aliphatic rings. The number of carboxylic acid groups (broad SMARTS) is 1. The molecule has 80 valence electrons. The van der Waals surface area contributed by atoms with E-state index < -0.39 is 12.0 Å². The number of carbonyl (C=O) groups excluding carboxylic acids is 1. The highest BCUT2D eigenvalue weighted by molar-refractivity contribution is 8.76. The van der Waals surface area contributed by atoms with Gasteiger partial charge in [-0.2, -0.15) is 0 Å². The molecule has 2 N–H and O–H groups in total. The molecule has 1 amide bonds. The molecular weight excluding hydrogens is 222 g/mol. The lowest BCUT2D eigenvalue weighted by Gasteiger charge is -2.11. The first kappa shape index (κ1) is 13.4. The van der Waals surface area contributed by atoms with E-state index in [4.69, 9.17) is 5.11 Å². The van der Waals surface area contributed by atoms with Gasteiger partial charge in [0.1, 0.15) is 6.04 Å². The van der Waals surface area contributed by atoms with Gasteiger partial charge in [-0.1, -0.05) is 27.7 Å². The Labute approximate surface area is 90.9 Å². The van der Waals surface area contributed by atoms with Crippen LogP contribution in [-0.4, -0.2) is 34.5 Å². The van der Waals surface area contributed by atoms with Gasteiger partial charge in [0.15, 0.2) is 0 Å². The predicted molar refractivity (Wildman–Crippen MR) is 60.4 cm³/mol. The van der Waals surface area contributed by atoms with E-state index in [1.54, 1.807) is 6.08 Å². The maximum atomic E-state index is 10.6. The van der Waals surface area contributed by atoms with Crippen LogP contribution in [0.25, 0.3) is 0 Å². The van der Waals surface area contributed by atoms with E-state index in [-0.39, 0.29) is 5.91 Å². The Morgan fingerprint density at radius 3 is 2.64 bits per heavy atom. The maximum absolute atomic E-state index is 10.6. The van der Waals surface area contributed by atoms with Crippen LogP contribution in [0.1, 0.15) is 6.92 Å². The summed E-state index contributed by atoms with van der Waals surface area (Å²) in [4.78, 5) is 21.3. The van der Waals surface area contributed by atoms with E-state index in [1.807, 2.05) is 0 Å². The van der Waals surface area contributed by atoms with Gasteiger partial charge in [-0.25, -0.2) is 4.79 Å². The lowest BCUT2D eigenvalue weighted by Crippen LogP contribution is -2.41. The van der Waals surface area contributed by atoms with Crippen LogP contribution in [-0.2, 0) is 9.59 Å². The normalized spacial score (nSPS) is 11.8. The molecule has 14 heavy (non-hydrogen) atoms. The molecule has 0 fully saturated rings. The summed E-state index contributed by atoms with van der Waals surface area (Å²) in [6, 6.07) is -0.810. The van der Waals surface area contributed by atoms with Crippen LogP contribution in [0, 0.1) is 0 Å². The first-order valence-electron chi connectivity index (χ1n) is 3.93. The molecule has 0 aliphatic carbocycles. The van der Waals surface area contributed by atoms with Crippen LogP contribution in [0.4, 0.5) is 0 Å². The molecule has 4 nitrogen and oxygen atoms in total. The first-order valence-corrected chi connectivity index (χ1v) is 6.42. The molecular formula is C8H13NO3S2. The molecule has 0 aromatic rings. The molecule has 6 heteroatoms. The summed E-state index contributed by atoms with van der Waals surface area (Å²) in [5.41, 5.74) is 0. The molecule has 0 spiro atoms. The highest BCUT2D eigenvalue weighted by Crippen LogP contribution is 2.21. The van der Waals surface area contributed by atoms with Gasteiger partial charge in [0, 0.05) is 18.4 Å². The molecule has 0 aliphatic heterocycles. The van der Waals surface area contributed by atoms with Crippen molar-refractivity contribution in [1.82, 2.24) is 5.32 Å². The van der Waals surface area contributed by atoms with E-state index in [0.717, 1.165) is 5.75 Å². The Morgan fingerprint density at radius 2 is 2.21 bits per heavy atom. The second-order valence-corrected chi connectivity index (χ2v) is 5.00. The van der Waals surface area contributed by atoms with Crippen LogP contribution in [0.3, 0.4) is 0 Å². The highest BCUT2D eigenvalue weighted by Gasteiger charge is 2.17. The Morgan fingerprint density at radius 1 is 1.57 bits per heavy atom. The summed E-state index contributed by atoms with van der Waals surface area (Å²) in [6.45, 7) is 4.84. The molecule has 0 aromatic carbocycles. The standard InChI is InChI=1S/C8H13NO3S2/c1-3-4-13-14-5-7(8(11)12)9-6(2)10/h3,7H,1,4-5H2,2H3,(H,9,10)(H,11,12)/t7-/m0/s1. The van der Waals surface area contributed by atoms with Crippen molar-refractivity contribution >= 4 is 33.5 Å². The summed E-state index contributed by atoms with van der Waals surface area (Å²) < 4.78 is 0. The lowest BCUT2D eigenvalue weighted by atomic mass is 10.3. The summed E-state index contributed by atoms with van der Waals surface area (Å²) in [7, 11) is 2.92. The third-order valence-electron chi connectivity index (χ3n) is 1.18. The first-order chi connectivity index (χ1) is 6.57. The molecule has 0 saturated carbocycles. The SMILES string of the molecule is C=CCSSC[C@H](NC(C)=O)C(=O)O. The van der Waals surface area contributed by atoms with E-state index in [2.05, 4.69) is 11.9 Å². The third kappa shape index (κ3) is 6.85. The van der Waals surface area contributed by atoms with Crippen molar-refractivity contribution in [3.63, 3.8) is 0 Å². The van der Waals surface area contributed by atoms with Crippen molar-refractivity contribution < 1.29 is 14.7 Å². The Kier molecular flexibility index (Phi) is 7.41. The molecule has 0 aromatic heterocycles. The van der Waals surface area contributed by atoms with Gasteiger partial charge in [0.2, 0.25) is 5.91 Å². The number of hydrogen-bond acceptors (Lipinski definition) is 4. The van der Waals surface area contributed by atoms with Crippen LogP contribution < -0.4 is 5.32 Å². The number of carbonyl (C=O) groups is 2.